The van der Waals surface area contributed by atoms with Gasteiger partial charge in [0.15, 0.2) is 0 Å². The number of hydrogen-bond acceptors (Lipinski definition) is 4. The number of hydrogen-bond donors (Lipinski definition) is 0. The number of fused-ring (bicyclic) bond motifs is 5. The van der Waals surface area contributed by atoms with Crippen LogP contribution >= 0.6 is 0 Å². The first-order chi connectivity index (χ1) is 6.14. The second-order valence-corrected chi connectivity index (χ2v) is 4.21. The molecule has 13 heavy (non-hydrogen) atoms. The molecule has 0 aromatic heterocycles. The molecular formula is C9H10O4. The van der Waals surface area contributed by atoms with Gasteiger partial charge in [-0.2, -0.15) is 0 Å². The predicted octanol–water partition coefficient (Wildman–Crippen LogP) is 0.253. The van der Waals surface area contributed by atoms with E-state index in [9.17, 15) is 9.59 Å². The molecule has 0 spiro atoms. The lowest BCUT2D eigenvalue weighted by molar-refractivity contribution is -0.158. The van der Waals surface area contributed by atoms with Crippen molar-refractivity contribution in [2.45, 2.75) is 32.0 Å². The van der Waals surface area contributed by atoms with Crippen LogP contribution in [-0.4, -0.2) is 24.1 Å². The summed E-state index contributed by atoms with van der Waals surface area (Å²) in [4.78, 5) is 22.8. The van der Waals surface area contributed by atoms with Gasteiger partial charge in [-0.05, 0) is 19.8 Å². The Morgan fingerprint density at radius 3 is 2.85 bits per heavy atom. The number of esters is 2. The van der Waals surface area contributed by atoms with Crippen LogP contribution < -0.4 is 0 Å². The highest BCUT2D eigenvalue weighted by atomic mass is 16.6. The Kier molecular flexibility index (Phi) is 1.12. The molecule has 3 rings (SSSR count). The summed E-state index contributed by atoms with van der Waals surface area (Å²) in [7, 11) is 0. The maximum absolute atomic E-state index is 11.5. The van der Waals surface area contributed by atoms with E-state index in [4.69, 9.17) is 4.74 Å². The van der Waals surface area contributed by atoms with Crippen molar-refractivity contribution >= 4 is 11.9 Å². The maximum atomic E-state index is 11.5. The molecule has 3 saturated heterocycles. The van der Waals surface area contributed by atoms with Crippen LogP contribution in [0.2, 0.25) is 0 Å². The van der Waals surface area contributed by atoms with Crippen molar-refractivity contribution in [1.82, 2.24) is 0 Å². The van der Waals surface area contributed by atoms with E-state index in [0.717, 1.165) is 12.8 Å². The molecule has 3 aliphatic rings. The second-order valence-electron chi connectivity index (χ2n) is 4.21. The van der Waals surface area contributed by atoms with Gasteiger partial charge in [-0.15, -0.1) is 0 Å². The molecule has 4 heteroatoms. The molecule has 2 bridgehead atoms. The molecule has 0 N–H and O–H groups in total. The van der Waals surface area contributed by atoms with Gasteiger partial charge in [0, 0.05) is 0 Å². The van der Waals surface area contributed by atoms with Gasteiger partial charge in [-0.3, -0.25) is 9.59 Å². The van der Waals surface area contributed by atoms with Crippen molar-refractivity contribution in [3.63, 3.8) is 0 Å². The van der Waals surface area contributed by atoms with Gasteiger partial charge in [0.05, 0.1) is 12.2 Å². The number of cyclic esters (lactones) is 2. The summed E-state index contributed by atoms with van der Waals surface area (Å²) in [5.74, 6) is -1.12. The monoisotopic (exact) mass is 182 g/mol. The van der Waals surface area contributed by atoms with Crippen LogP contribution in [0.3, 0.4) is 0 Å². The Morgan fingerprint density at radius 2 is 2.15 bits per heavy atom. The van der Waals surface area contributed by atoms with Crippen LogP contribution in [0.4, 0.5) is 0 Å². The van der Waals surface area contributed by atoms with E-state index in [1.165, 1.54) is 0 Å². The minimum absolute atomic E-state index is 0.0750. The molecule has 0 radical (unpaired) electrons. The van der Waals surface area contributed by atoms with Gasteiger partial charge < -0.3 is 9.47 Å². The Labute approximate surface area is 75.2 Å². The first kappa shape index (κ1) is 7.50. The van der Waals surface area contributed by atoms with E-state index in [0.29, 0.717) is 0 Å². The summed E-state index contributed by atoms with van der Waals surface area (Å²) < 4.78 is 10.2. The highest BCUT2D eigenvalue weighted by Gasteiger charge is 2.69. The largest absolute Gasteiger partial charge is 0.392 e. The highest BCUT2D eigenvalue weighted by molar-refractivity contribution is 6.00. The Hall–Kier alpha value is -0.900. The van der Waals surface area contributed by atoms with Gasteiger partial charge in [0.1, 0.15) is 11.3 Å². The third-order valence-electron chi connectivity index (χ3n) is 3.63. The van der Waals surface area contributed by atoms with E-state index in [1.54, 1.807) is 6.92 Å². The maximum Gasteiger partial charge on any atom is 0.323 e. The molecule has 0 saturated carbocycles. The molecule has 3 fully saturated rings. The summed E-state index contributed by atoms with van der Waals surface area (Å²) in [6.07, 6.45) is 1.59. The van der Waals surface area contributed by atoms with Crippen LogP contribution in [0.1, 0.15) is 19.8 Å². The van der Waals surface area contributed by atoms with Crippen molar-refractivity contribution in [2.75, 3.05) is 0 Å². The van der Waals surface area contributed by atoms with Crippen molar-refractivity contribution < 1.29 is 19.1 Å². The van der Waals surface area contributed by atoms with Crippen LogP contribution in [-0.2, 0) is 19.1 Å². The fourth-order valence-corrected chi connectivity index (χ4v) is 2.86. The first-order valence-electron chi connectivity index (χ1n) is 4.55. The van der Waals surface area contributed by atoms with E-state index in [2.05, 4.69) is 4.74 Å². The lowest BCUT2D eigenvalue weighted by Crippen LogP contribution is -2.40. The van der Waals surface area contributed by atoms with E-state index < -0.39 is 11.4 Å². The number of carbonyl (C=O) groups is 2. The molecule has 70 valence electrons. The molecular weight excluding hydrogens is 172 g/mol. The highest BCUT2D eigenvalue weighted by Crippen LogP contribution is 2.55. The van der Waals surface area contributed by atoms with E-state index in [1.807, 2.05) is 0 Å². The van der Waals surface area contributed by atoms with Crippen molar-refractivity contribution in [3.8, 4) is 0 Å². The average Bonchev–Trinajstić information content (AvgIpc) is 2.66. The molecule has 0 amide bonds. The van der Waals surface area contributed by atoms with E-state index >= 15 is 0 Å². The topological polar surface area (TPSA) is 52.6 Å². The summed E-state index contributed by atoms with van der Waals surface area (Å²) in [5.41, 5.74) is -0.681. The minimum Gasteiger partial charge on any atom is -0.392 e. The van der Waals surface area contributed by atoms with Crippen LogP contribution in [0.25, 0.3) is 0 Å². The van der Waals surface area contributed by atoms with Gasteiger partial charge in [0.25, 0.3) is 0 Å². The van der Waals surface area contributed by atoms with Gasteiger partial charge in [0.2, 0.25) is 0 Å². The third-order valence-corrected chi connectivity index (χ3v) is 3.63. The lowest BCUT2D eigenvalue weighted by atomic mass is 9.69. The van der Waals surface area contributed by atoms with Gasteiger partial charge in [-0.25, -0.2) is 0 Å². The fourth-order valence-electron chi connectivity index (χ4n) is 2.86. The Morgan fingerprint density at radius 1 is 1.38 bits per heavy atom. The molecule has 0 aromatic carbocycles. The second kappa shape index (κ2) is 1.95. The van der Waals surface area contributed by atoms with Gasteiger partial charge in [-0.1, -0.05) is 0 Å². The smallest absolute Gasteiger partial charge is 0.323 e. The zero-order valence-electron chi connectivity index (χ0n) is 7.28. The molecule has 0 unspecified atom stereocenters. The molecule has 3 heterocycles. The quantitative estimate of drug-likeness (QED) is 0.398. The lowest BCUT2D eigenvalue weighted by Gasteiger charge is -2.25. The zero-order chi connectivity index (χ0) is 9.22. The molecule has 4 nitrogen and oxygen atoms in total. The molecule has 0 aliphatic carbocycles. The number of ether oxygens (including phenoxy) is 2. The average molecular weight is 182 g/mol. The Bertz CT molecular complexity index is 311. The zero-order valence-corrected chi connectivity index (χ0v) is 7.28. The van der Waals surface area contributed by atoms with Crippen molar-refractivity contribution in [2.24, 2.45) is 11.3 Å². The Balaban J connectivity index is 2.12. The summed E-state index contributed by atoms with van der Waals surface area (Å²) in [6, 6.07) is 0. The van der Waals surface area contributed by atoms with E-state index in [-0.39, 0.29) is 24.1 Å². The summed E-state index contributed by atoms with van der Waals surface area (Å²) in [5, 5.41) is 0. The first-order valence-corrected chi connectivity index (χ1v) is 4.55. The number of rotatable bonds is 0. The summed E-state index contributed by atoms with van der Waals surface area (Å²) >= 11 is 0. The van der Waals surface area contributed by atoms with Crippen molar-refractivity contribution in [3.05, 3.63) is 0 Å². The van der Waals surface area contributed by atoms with Gasteiger partial charge >= 0.3 is 11.9 Å². The molecule has 4 atom stereocenters. The number of carbonyl (C=O) groups excluding carboxylic acids is 2. The van der Waals surface area contributed by atoms with Crippen LogP contribution in [0.15, 0.2) is 0 Å². The predicted molar refractivity (Wildman–Crippen MR) is 40.6 cm³/mol. The standard InChI is InChI=1S/C9H10O4/c1-9-5-3-2-4(12-5)6(9)7(10)13-8(9)11/h4-6H,2-3H2,1H3/t4-,5+,6-,9-/m0/s1. The van der Waals surface area contributed by atoms with Crippen molar-refractivity contribution in [1.29, 1.82) is 0 Å². The van der Waals surface area contributed by atoms with Crippen LogP contribution in [0.5, 0.6) is 0 Å². The fraction of sp³-hybridized carbons (Fsp3) is 0.778. The van der Waals surface area contributed by atoms with Crippen LogP contribution in [0, 0.1) is 11.3 Å². The molecule has 3 aliphatic heterocycles. The normalized spacial score (nSPS) is 52.5. The summed E-state index contributed by atoms with van der Waals surface area (Å²) in [6.45, 7) is 1.79. The minimum atomic E-state index is -0.681. The molecule has 0 aromatic rings. The third kappa shape index (κ3) is 0.633. The SMILES string of the molecule is C[C@@]12C(=O)OC(=O)[C@@H]1[C@@H]1CC[C@H]2O1.